The number of likely N-dealkylation sites (tertiary alicyclic amines) is 1. The Balaban J connectivity index is 0.00000162. The molecule has 1 heterocycles. The average Bonchev–Trinajstić information content (AvgIpc) is 2.39. The molecule has 1 N–H and O–H groups in total. The Morgan fingerprint density at radius 2 is 1.72 bits per heavy atom. The van der Waals surface area contributed by atoms with Gasteiger partial charge in [-0.1, -0.05) is 32.6 Å². The van der Waals surface area contributed by atoms with E-state index in [0.29, 0.717) is 5.92 Å². The van der Waals surface area contributed by atoms with Crippen LogP contribution in [0.2, 0.25) is 0 Å². The monoisotopic (exact) mass is 275 g/mol. The second kappa shape index (κ2) is 7.72. The summed E-state index contributed by atoms with van der Waals surface area (Å²) in [6, 6.07) is 0. The van der Waals surface area contributed by atoms with Crippen LogP contribution in [0.25, 0.3) is 0 Å². The second-order valence-electron chi connectivity index (χ2n) is 6.13. The van der Waals surface area contributed by atoms with Crippen LogP contribution in [-0.2, 0) is 0 Å². The van der Waals surface area contributed by atoms with Gasteiger partial charge >= 0.3 is 0 Å². The number of rotatable bonds is 4. The molecule has 2 rings (SSSR count). The predicted molar refractivity (Wildman–Crippen MR) is 79.4 cm³/mol. The first-order valence-corrected chi connectivity index (χ1v) is 7.69. The van der Waals surface area contributed by atoms with E-state index in [9.17, 15) is 5.11 Å². The lowest BCUT2D eigenvalue weighted by atomic mass is 9.72. The molecule has 1 aliphatic heterocycles. The normalized spacial score (nSPS) is 25.7. The first kappa shape index (κ1) is 16.3. The van der Waals surface area contributed by atoms with E-state index in [1.807, 2.05) is 0 Å². The molecule has 18 heavy (non-hydrogen) atoms. The predicted octanol–water partition coefficient (Wildman–Crippen LogP) is 3.62. The van der Waals surface area contributed by atoms with Crippen LogP contribution in [0.1, 0.15) is 64.7 Å². The molecule has 108 valence electrons. The molecule has 1 aliphatic carbocycles. The van der Waals surface area contributed by atoms with Gasteiger partial charge in [0.1, 0.15) is 0 Å². The zero-order valence-corrected chi connectivity index (χ0v) is 12.7. The van der Waals surface area contributed by atoms with Crippen LogP contribution in [0.15, 0.2) is 0 Å². The Bertz CT molecular complexity index is 221. The van der Waals surface area contributed by atoms with Gasteiger partial charge in [-0.25, -0.2) is 0 Å². The highest BCUT2D eigenvalue weighted by atomic mass is 35.5. The van der Waals surface area contributed by atoms with E-state index in [2.05, 4.69) is 11.8 Å². The molecule has 0 unspecified atom stereocenters. The van der Waals surface area contributed by atoms with E-state index < -0.39 is 0 Å². The van der Waals surface area contributed by atoms with Crippen molar-refractivity contribution in [2.75, 3.05) is 19.6 Å². The highest BCUT2D eigenvalue weighted by molar-refractivity contribution is 5.85. The summed E-state index contributed by atoms with van der Waals surface area (Å²) in [4.78, 5) is 2.54. The Morgan fingerprint density at radius 3 is 2.28 bits per heavy atom. The Morgan fingerprint density at radius 1 is 1.11 bits per heavy atom. The third kappa shape index (κ3) is 4.11. The molecule has 0 aromatic carbocycles. The van der Waals surface area contributed by atoms with Gasteiger partial charge in [-0.15, -0.1) is 12.4 Å². The van der Waals surface area contributed by atoms with Crippen molar-refractivity contribution in [3.63, 3.8) is 0 Å². The standard InChI is InChI=1S/C15H29NO.ClH/c1-2-3-11-16-12-9-15(17,10-13-16)14-7-5-4-6-8-14;/h14,17H,2-13H2,1H3;1H. The Hall–Kier alpha value is 0.210. The summed E-state index contributed by atoms with van der Waals surface area (Å²) in [6.45, 7) is 5.72. The van der Waals surface area contributed by atoms with Gasteiger partial charge in [0.15, 0.2) is 0 Å². The Labute approximate surface area is 119 Å². The van der Waals surface area contributed by atoms with Gasteiger partial charge in [-0.2, -0.15) is 0 Å². The number of hydrogen-bond acceptors (Lipinski definition) is 2. The summed E-state index contributed by atoms with van der Waals surface area (Å²) in [5, 5.41) is 10.8. The molecular weight excluding hydrogens is 246 g/mol. The lowest BCUT2D eigenvalue weighted by Gasteiger charge is -2.44. The minimum atomic E-state index is -0.316. The number of unbranched alkanes of at least 4 members (excludes halogenated alkanes) is 1. The molecule has 0 amide bonds. The maximum atomic E-state index is 10.8. The van der Waals surface area contributed by atoms with Crippen LogP contribution in [-0.4, -0.2) is 35.2 Å². The summed E-state index contributed by atoms with van der Waals surface area (Å²) in [6.07, 6.45) is 11.2. The summed E-state index contributed by atoms with van der Waals surface area (Å²) in [7, 11) is 0. The highest BCUT2D eigenvalue weighted by Crippen LogP contribution is 2.38. The Kier molecular flexibility index (Phi) is 6.97. The van der Waals surface area contributed by atoms with Crippen molar-refractivity contribution in [3.8, 4) is 0 Å². The second-order valence-corrected chi connectivity index (χ2v) is 6.13. The van der Waals surface area contributed by atoms with Crippen LogP contribution < -0.4 is 0 Å². The molecule has 0 atom stereocenters. The lowest BCUT2D eigenvalue weighted by molar-refractivity contribution is -0.0773. The van der Waals surface area contributed by atoms with E-state index in [0.717, 1.165) is 25.9 Å². The maximum absolute atomic E-state index is 10.8. The fourth-order valence-corrected chi connectivity index (χ4v) is 3.59. The van der Waals surface area contributed by atoms with Gasteiger partial charge in [0, 0.05) is 13.1 Å². The number of piperidine rings is 1. The number of hydrogen-bond donors (Lipinski definition) is 1. The SMILES string of the molecule is CCCCN1CCC(O)(C2CCCCC2)CC1.Cl. The van der Waals surface area contributed by atoms with E-state index in [-0.39, 0.29) is 18.0 Å². The smallest absolute Gasteiger partial charge is 0.0700 e. The fourth-order valence-electron chi connectivity index (χ4n) is 3.59. The van der Waals surface area contributed by atoms with Crippen molar-refractivity contribution in [2.45, 2.75) is 70.3 Å². The van der Waals surface area contributed by atoms with Crippen molar-refractivity contribution >= 4 is 12.4 Å². The number of halogens is 1. The van der Waals surface area contributed by atoms with Crippen LogP contribution >= 0.6 is 12.4 Å². The van der Waals surface area contributed by atoms with Crippen LogP contribution in [0.3, 0.4) is 0 Å². The molecule has 0 radical (unpaired) electrons. The molecule has 0 aromatic heterocycles. The third-order valence-electron chi connectivity index (χ3n) is 4.91. The van der Waals surface area contributed by atoms with Gasteiger partial charge in [0.2, 0.25) is 0 Å². The number of nitrogens with zero attached hydrogens (tertiary/aromatic N) is 1. The maximum Gasteiger partial charge on any atom is 0.0700 e. The molecule has 0 spiro atoms. The zero-order valence-electron chi connectivity index (χ0n) is 11.9. The van der Waals surface area contributed by atoms with Gasteiger partial charge < -0.3 is 10.0 Å². The first-order valence-electron chi connectivity index (χ1n) is 7.69. The summed E-state index contributed by atoms with van der Waals surface area (Å²) >= 11 is 0. The molecule has 2 nitrogen and oxygen atoms in total. The third-order valence-corrected chi connectivity index (χ3v) is 4.91. The average molecular weight is 276 g/mol. The quantitative estimate of drug-likeness (QED) is 0.847. The zero-order chi connectivity index (χ0) is 12.1. The number of aliphatic hydroxyl groups is 1. The molecule has 3 heteroatoms. The van der Waals surface area contributed by atoms with Crippen molar-refractivity contribution in [1.29, 1.82) is 0 Å². The first-order chi connectivity index (χ1) is 8.24. The van der Waals surface area contributed by atoms with Gasteiger partial charge in [-0.05, 0) is 44.6 Å². The minimum absolute atomic E-state index is 0. The molecule has 0 bridgehead atoms. The lowest BCUT2D eigenvalue weighted by Crippen LogP contribution is -2.49. The molecule has 2 fully saturated rings. The molecule has 1 saturated carbocycles. The molecule has 2 aliphatic rings. The van der Waals surface area contributed by atoms with Crippen LogP contribution in [0, 0.1) is 5.92 Å². The summed E-state index contributed by atoms with van der Waals surface area (Å²) in [5.74, 6) is 0.601. The minimum Gasteiger partial charge on any atom is -0.390 e. The highest BCUT2D eigenvalue weighted by Gasteiger charge is 2.39. The fraction of sp³-hybridized carbons (Fsp3) is 1.00. The summed E-state index contributed by atoms with van der Waals surface area (Å²) < 4.78 is 0. The topological polar surface area (TPSA) is 23.5 Å². The molecule has 1 saturated heterocycles. The van der Waals surface area contributed by atoms with Crippen molar-refractivity contribution < 1.29 is 5.11 Å². The molecular formula is C15H30ClNO. The molecule has 0 aromatic rings. The summed E-state index contributed by atoms with van der Waals surface area (Å²) in [5.41, 5.74) is -0.316. The van der Waals surface area contributed by atoms with Gasteiger partial charge in [0.25, 0.3) is 0 Å². The van der Waals surface area contributed by atoms with Crippen LogP contribution in [0.5, 0.6) is 0 Å². The largest absolute Gasteiger partial charge is 0.390 e. The van der Waals surface area contributed by atoms with Gasteiger partial charge in [0.05, 0.1) is 5.60 Å². The van der Waals surface area contributed by atoms with E-state index in [1.54, 1.807) is 0 Å². The van der Waals surface area contributed by atoms with E-state index >= 15 is 0 Å². The van der Waals surface area contributed by atoms with E-state index in [4.69, 9.17) is 0 Å². The van der Waals surface area contributed by atoms with Crippen molar-refractivity contribution in [2.24, 2.45) is 5.92 Å². The van der Waals surface area contributed by atoms with Gasteiger partial charge in [-0.3, -0.25) is 0 Å². The van der Waals surface area contributed by atoms with E-state index in [1.165, 1.54) is 51.5 Å². The van der Waals surface area contributed by atoms with Crippen LogP contribution in [0.4, 0.5) is 0 Å². The van der Waals surface area contributed by atoms with Crippen molar-refractivity contribution in [1.82, 2.24) is 4.90 Å². The van der Waals surface area contributed by atoms with Crippen molar-refractivity contribution in [3.05, 3.63) is 0 Å².